The van der Waals surface area contributed by atoms with Crippen LogP contribution < -0.4 is 27.2 Å². The van der Waals surface area contributed by atoms with E-state index in [2.05, 4.69) is 4.98 Å². The van der Waals surface area contributed by atoms with Gasteiger partial charge in [-0.05, 0) is 36.4 Å². The molecule has 0 radical (unpaired) electrons. The van der Waals surface area contributed by atoms with Crippen LogP contribution in [0.3, 0.4) is 0 Å². The number of rotatable bonds is 6. The summed E-state index contributed by atoms with van der Waals surface area (Å²) in [6.45, 7) is 0.677. The molecule has 2 aromatic carbocycles. The normalized spacial score (nSPS) is 10.7. The number of ketones is 1. The molecule has 0 aliphatic carbocycles. The van der Waals surface area contributed by atoms with Crippen LogP contribution in [0.1, 0.15) is 23.2 Å². The maximum atomic E-state index is 12.9. The number of benzene rings is 2. The predicted octanol–water partition coefficient (Wildman–Crippen LogP) is 0.413. The lowest BCUT2D eigenvalue weighted by Gasteiger charge is -2.03. The lowest BCUT2D eigenvalue weighted by molar-refractivity contribution is -0.697. The molecule has 5 nitrogen and oxygen atoms in total. The summed E-state index contributed by atoms with van der Waals surface area (Å²) in [4.78, 5) is 27.3. The van der Waals surface area contributed by atoms with Crippen LogP contribution in [0, 0.1) is 5.82 Å². The number of carbonyl (C=O) groups excluding carboxylic acids is 1. The standard InChI is InChI=1S/C22H18FN3O2.BrH/c23-17-9-7-16(8-10-17)21(27)6-3-13-25-14-11-18(12-15-25)26-20-5-2-1-4-19(20)24-22(26)28;/h1-2,4-5,7-12,14-15H,3,6,13H2;1H. The number of hydrogen-bond donors (Lipinski definition) is 1. The van der Waals surface area contributed by atoms with Crippen LogP contribution in [-0.4, -0.2) is 15.3 Å². The second-order valence-electron chi connectivity index (χ2n) is 6.61. The molecule has 4 rings (SSSR count). The molecule has 2 heterocycles. The quantitative estimate of drug-likeness (QED) is 0.338. The number of aryl methyl sites for hydroxylation is 1. The number of nitrogens with zero attached hydrogens (tertiary/aromatic N) is 2. The Morgan fingerprint density at radius 1 is 1.00 bits per heavy atom. The molecule has 29 heavy (non-hydrogen) atoms. The highest BCUT2D eigenvalue weighted by atomic mass is 79.9. The Balaban J connectivity index is 0.00000240. The van der Waals surface area contributed by atoms with E-state index in [0.29, 0.717) is 24.9 Å². The zero-order valence-corrected chi connectivity index (χ0v) is 17.1. The summed E-state index contributed by atoms with van der Waals surface area (Å²) in [7, 11) is 0. The summed E-state index contributed by atoms with van der Waals surface area (Å²) in [6.07, 6.45) is 4.85. The van der Waals surface area contributed by atoms with Crippen molar-refractivity contribution in [2.45, 2.75) is 19.4 Å². The number of pyridine rings is 1. The van der Waals surface area contributed by atoms with E-state index in [1.807, 2.05) is 53.4 Å². The van der Waals surface area contributed by atoms with E-state index in [0.717, 1.165) is 16.7 Å². The molecule has 1 N–H and O–H groups in total. The fourth-order valence-corrected chi connectivity index (χ4v) is 3.26. The van der Waals surface area contributed by atoms with Crippen molar-refractivity contribution in [3.63, 3.8) is 0 Å². The smallest absolute Gasteiger partial charge is 0.331 e. The average Bonchev–Trinajstić information content (AvgIpc) is 3.05. The van der Waals surface area contributed by atoms with E-state index in [4.69, 9.17) is 0 Å². The summed E-state index contributed by atoms with van der Waals surface area (Å²) in [5.74, 6) is -0.343. The first-order valence-electron chi connectivity index (χ1n) is 9.10. The number of nitrogens with one attached hydrogen (secondary N) is 1. The van der Waals surface area contributed by atoms with Gasteiger partial charge in [-0.25, -0.2) is 13.8 Å². The number of aromatic nitrogens is 3. The van der Waals surface area contributed by atoms with Crippen LogP contribution in [0.5, 0.6) is 0 Å². The molecular weight excluding hydrogens is 437 g/mol. The summed E-state index contributed by atoms with van der Waals surface area (Å²) < 4.78 is 16.5. The maximum absolute atomic E-state index is 12.9. The minimum absolute atomic E-state index is 0. The topological polar surface area (TPSA) is 58.7 Å². The summed E-state index contributed by atoms with van der Waals surface area (Å²) in [5.41, 5.74) is 2.75. The molecule has 148 valence electrons. The molecule has 0 saturated heterocycles. The molecule has 0 aliphatic rings. The van der Waals surface area contributed by atoms with E-state index in [9.17, 15) is 14.0 Å². The van der Waals surface area contributed by atoms with Gasteiger partial charge >= 0.3 is 5.69 Å². The first-order valence-corrected chi connectivity index (χ1v) is 9.10. The van der Waals surface area contributed by atoms with Crippen LogP contribution >= 0.6 is 0 Å². The van der Waals surface area contributed by atoms with E-state index in [1.54, 1.807) is 4.57 Å². The number of imidazole rings is 1. The van der Waals surface area contributed by atoms with Crippen LogP contribution in [0.15, 0.2) is 77.9 Å². The van der Waals surface area contributed by atoms with Gasteiger partial charge < -0.3 is 22.0 Å². The lowest BCUT2D eigenvalue weighted by Crippen LogP contribution is -3.00. The largest absolute Gasteiger partial charge is 1.00 e. The van der Waals surface area contributed by atoms with Crippen molar-refractivity contribution in [1.82, 2.24) is 9.55 Å². The third-order valence-corrected chi connectivity index (χ3v) is 4.71. The number of halogens is 2. The van der Waals surface area contributed by atoms with Gasteiger partial charge in [0.25, 0.3) is 0 Å². The second-order valence-corrected chi connectivity index (χ2v) is 6.61. The number of H-pyrrole nitrogens is 1. The monoisotopic (exact) mass is 455 g/mol. The minimum atomic E-state index is -0.346. The Bertz CT molecular complexity index is 1180. The molecule has 0 bridgehead atoms. The van der Waals surface area contributed by atoms with Crippen molar-refractivity contribution in [2.75, 3.05) is 0 Å². The highest BCUT2D eigenvalue weighted by Gasteiger charge is 2.11. The van der Waals surface area contributed by atoms with Gasteiger partial charge in [0.1, 0.15) is 12.4 Å². The van der Waals surface area contributed by atoms with Crippen LogP contribution in [0.2, 0.25) is 0 Å². The summed E-state index contributed by atoms with van der Waals surface area (Å²) in [6, 6.07) is 16.9. The molecule has 0 saturated carbocycles. The molecule has 0 unspecified atom stereocenters. The molecule has 0 aliphatic heterocycles. The summed E-state index contributed by atoms with van der Waals surface area (Å²) >= 11 is 0. The van der Waals surface area contributed by atoms with Crippen molar-refractivity contribution in [1.29, 1.82) is 0 Å². The first kappa shape index (κ1) is 20.7. The van der Waals surface area contributed by atoms with Crippen molar-refractivity contribution in [3.8, 4) is 5.69 Å². The molecule has 2 aromatic heterocycles. The van der Waals surface area contributed by atoms with Crippen molar-refractivity contribution >= 4 is 16.8 Å². The fourth-order valence-electron chi connectivity index (χ4n) is 3.26. The lowest BCUT2D eigenvalue weighted by atomic mass is 10.1. The molecular formula is C22H19BrFN3O2. The molecule has 4 aromatic rings. The van der Waals surface area contributed by atoms with Crippen molar-refractivity contribution in [2.24, 2.45) is 0 Å². The second kappa shape index (κ2) is 8.96. The van der Waals surface area contributed by atoms with E-state index in [-0.39, 0.29) is 34.3 Å². The predicted molar refractivity (Wildman–Crippen MR) is 104 cm³/mol. The zero-order chi connectivity index (χ0) is 19.5. The van der Waals surface area contributed by atoms with Crippen molar-refractivity contribution < 1.29 is 30.7 Å². The van der Waals surface area contributed by atoms with Gasteiger partial charge in [0.15, 0.2) is 18.2 Å². The molecule has 7 heteroatoms. The molecule has 0 spiro atoms. The van der Waals surface area contributed by atoms with Gasteiger partial charge in [-0.2, -0.15) is 0 Å². The zero-order valence-electron chi connectivity index (χ0n) is 15.5. The Kier molecular flexibility index (Phi) is 6.39. The number of aromatic amines is 1. The Morgan fingerprint density at radius 3 is 2.41 bits per heavy atom. The Hall–Kier alpha value is -3.06. The van der Waals surface area contributed by atoms with Crippen molar-refractivity contribution in [3.05, 3.63) is 94.9 Å². The first-order chi connectivity index (χ1) is 13.6. The van der Waals surface area contributed by atoms with Gasteiger partial charge in [-0.15, -0.1) is 0 Å². The van der Waals surface area contributed by atoms with Gasteiger partial charge in [0.05, 0.1) is 16.7 Å². The van der Waals surface area contributed by atoms with Gasteiger partial charge in [0, 0.05) is 30.5 Å². The summed E-state index contributed by atoms with van der Waals surface area (Å²) in [5, 5.41) is 0. The Labute approximate surface area is 177 Å². The third-order valence-electron chi connectivity index (χ3n) is 4.71. The number of Topliss-reactive ketones (excluding diaryl/α,β-unsaturated/α-hetero) is 1. The molecule has 0 fully saturated rings. The highest BCUT2D eigenvalue weighted by Crippen LogP contribution is 2.14. The number of fused-ring (bicyclic) bond motifs is 1. The van der Waals surface area contributed by atoms with Crippen LogP contribution in [0.25, 0.3) is 16.7 Å². The fraction of sp³-hybridized carbons (Fsp3) is 0.136. The van der Waals surface area contributed by atoms with Crippen LogP contribution in [-0.2, 0) is 6.54 Å². The van der Waals surface area contributed by atoms with E-state index in [1.165, 1.54) is 24.3 Å². The third kappa shape index (κ3) is 4.51. The minimum Gasteiger partial charge on any atom is -1.00 e. The van der Waals surface area contributed by atoms with E-state index < -0.39 is 0 Å². The number of carbonyl (C=O) groups is 1. The Morgan fingerprint density at radius 2 is 1.69 bits per heavy atom. The van der Waals surface area contributed by atoms with Gasteiger partial charge in [-0.1, -0.05) is 12.1 Å². The molecule has 0 atom stereocenters. The van der Waals surface area contributed by atoms with Crippen LogP contribution in [0.4, 0.5) is 4.39 Å². The molecule has 0 amide bonds. The SMILES string of the molecule is O=C(CCC[n+]1ccc(-n2c(=O)[nH]c3ccccc32)cc1)c1ccc(F)cc1.[Br-]. The number of para-hydroxylation sites is 2. The maximum Gasteiger partial charge on any atom is 0.331 e. The number of hydrogen-bond acceptors (Lipinski definition) is 2. The van der Waals surface area contributed by atoms with E-state index >= 15 is 0 Å². The highest BCUT2D eigenvalue weighted by molar-refractivity contribution is 5.95. The van der Waals surface area contributed by atoms with Gasteiger partial charge in [0.2, 0.25) is 0 Å². The van der Waals surface area contributed by atoms with Gasteiger partial charge in [-0.3, -0.25) is 9.36 Å². The average molecular weight is 456 g/mol.